The van der Waals surface area contributed by atoms with Gasteiger partial charge in [-0.2, -0.15) is 0 Å². The van der Waals surface area contributed by atoms with E-state index in [4.69, 9.17) is 5.73 Å². The molecule has 0 heterocycles. The maximum atomic E-state index is 5.42. The SMILES string of the molecule is Cc1ccc(CCCCNCCCN)cc1. The van der Waals surface area contributed by atoms with E-state index in [1.165, 1.54) is 30.4 Å². The van der Waals surface area contributed by atoms with E-state index in [1.54, 1.807) is 0 Å². The van der Waals surface area contributed by atoms with Crippen LogP contribution in [-0.2, 0) is 6.42 Å². The second kappa shape index (κ2) is 8.31. The number of unbranched alkanes of at least 4 members (excludes halogenated alkanes) is 1. The standard InChI is InChI=1S/C14H24N2/c1-13-6-8-14(9-7-13)5-2-3-11-16-12-4-10-15/h6-9,16H,2-5,10-12,15H2,1H3. The molecule has 1 aromatic carbocycles. The summed E-state index contributed by atoms with van der Waals surface area (Å²) in [6.07, 6.45) is 4.79. The summed E-state index contributed by atoms with van der Waals surface area (Å²) in [5.74, 6) is 0. The van der Waals surface area contributed by atoms with Gasteiger partial charge in [-0.3, -0.25) is 0 Å². The molecule has 90 valence electrons. The predicted octanol–water partition coefficient (Wildman–Crippen LogP) is 2.26. The van der Waals surface area contributed by atoms with Crippen molar-refractivity contribution in [1.82, 2.24) is 5.32 Å². The highest BCUT2D eigenvalue weighted by atomic mass is 14.8. The average molecular weight is 220 g/mol. The van der Waals surface area contributed by atoms with Crippen LogP contribution in [0.1, 0.15) is 30.4 Å². The van der Waals surface area contributed by atoms with Crippen LogP contribution in [0.5, 0.6) is 0 Å². The molecule has 0 saturated carbocycles. The summed E-state index contributed by atoms with van der Waals surface area (Å²) in [6, 6.07) is 8.85. The summed E-state index contributed by atoms with van der Waals surface area (Å²) in [6.45, 7) is 5.09. The van der Waals surface area contributed by atoms with Crippen molar-refractivity contribution < 1.29 is 0 Å². The molecule has 3 N–H and O–H groups in total. The molecule has 0 unspecified atom stereocenters. The average Bonchev–Trinajstić information content (AvgIpc) is 2.30. The molecule has 2 nitrogen and oxygen atoms in total. The number of rotatable bonds is 8. The normalized spacial score (nSPS) is 10.6. The number of nitrogens with two attached hydrogens (primary N) is 1. The van der Waals surface area contributed by atoms with Crippen LogP contribution in [0.15, 0.2) is 24.3 Å². The molecule has 0 aliphatic heterocycles. The van der Waals surface area contributed by atoms with Crippen molar-refractivity contribution >= 4 is 0 Å². The maximum absolute atomic E-state index is 5.42. The van der Waals surface area contributed by atoms with E-state index in [0.717, 1.165) is 26.1 Å². The van der Waals surface area contributed by atoms with Crippen molar-refractivity contribution in [3.63, 3.8) is 0 Å². The molecule has 0 spiro atoms. The quantitative estimate of drug-likeness (QED) is 0.659. The summed E-state index contributed by atoms with van der Waals surface area (Å²) < 4.78 is 0. The number of benzene rings is 1. The highest BCUT2D eigenvalue weighted by Crippen LogP contribution is 2.06. The highest BCUT2D eigenvalue weighted by Gasteiger charge is 1.93. The van der Waals surface area contributed by atoms with E-state index in [2.05, 4.69) is 36.5 Å². The topological polar surface area (TPSA) is 38.0 Å². The Balaban J connectivity index is 2.01. The second-order valence-corrected chi connectivity index (χ2v) is 4.33. The number of aryl methyl sites for hydroxylation is 2. The lowest BCUT2D eigenvalue weighted by molar-refractivity contribution is 0.607. The summed E-state index contributed by atoms with van der Waals surface area (Å²) in [4.78, 5) is 0. The van der Waals surface area contributed by atoms with Gasteiger partial charge in [0.15, 0.2) is 0 Å². The smallest absolute Gasteiger partial charge is 0.00369 e. The first-order chi connectivity index (χ1) is 7.83. The molecule has 1 rings (SSSR count). The largest absolute Gasteiger partial charge is 0.330 e. The zero-order valence-electron chi connectivity index (χ0n) is 10.3. The molecule has 2 heteroatoms. The van der Waals surface area contributed by atoms with E-state index in [0.29, 0.717) is 0 Å². The van der Waals surface area contributed by atoms with Gasteiger partial charge < -0.3 is 11.1 Å². The number of hydrogen-bond donors (Lipinski definition) is 2. The van der Waals surface area contributed by atoms with E-state index in [1.807, 2.05) is 0 Å². The lowest BCUT2D eigenvalue weighted by atomic mass is 10.1. The fourth-order valence-electron chi connectivity index (χ4n) is 1.69. The van der Waals surface area contributed by atoms with Crippen LogP contribution < -0.4 is 11.1 Å². The van der Waals surface area contributed by atoms with Crippen LogP contribution in [0.4, 0.5) is 0 Å². The van der Waals surface area contributed by atoms with Gasteiger partial charge in [0.1, 0.15) is 0 Å². The van der Waals surface area contributed by atoms with E-state index in [-0.39, 0.29) is 0 Å². The van der Waals surface area contributed by atoms with Gasteiger partial charge >= 0.3 is 0 Å². The van der Waals surface area contributed by atoms with Crippen LogP contribution in [-0.4, -0.2) is 19.6 Å². The number of nitrogens with one attached hydrogen (secondary N) is 1. The van der Waals surface area contributed by atoms with Crippen LogP contribution in [0.2, 0.25) is 0 Å². The first kappa shape index (κ1) is 13.2. The summed E-state index contributed by atoms with van der Waals surface area (Å²) in [5, 5.41) is 3.40. The molecular formula is C14H24N2. The molecule has 0 radical (unpaired) electrons. The molecule has 1 aromatic rings. The third kappa shape index (κ3) is 5.89. The Morgan fingerprint density at radius 1 is 1.00 bits per heavy atom. The lowest BCUT2D eigenvalue weighted by Gasteiger charge is -2.04. The van der Waals surface area contributed by atoms with Crippen molar-refractivity contribution in [2.45, 2.75) is 32.6 Å². The maximum Gasteiger partial charge on any atom is -0.00369 e. The summed E-state index contributed by atoms with van der Waals surface area (Å²) in [7, 11) is 0. The van der Waals surface area contributed by atoms with Crippen molar-refractivity contribution in [2.24, 2.45) is 5.73 Å². The molecule has 0 aliphatic rings. The molecule has 0 amide bonds. The monoisotopic (exact) mass is 220 g/mol. The number of hydrogen-bond acceptors (Lipinski definition) is 2. The van der Waals surface area contributed by atoms with Crippen molar-refractivity contribution in [3.05, 3.63) is 35.4 Å². The zero-order chi connectivity index (χ0) is 11.6. The van der Waals surface area contributed by atoms with Gasteiger partial charge in [-0.15, -0.1) is 0 Å². The van der Waals surface area contributed by atoms with Crippen molar-refractivity contribution in [3.8, 4) is 0 Å². The molecule has 0 saturated heterocycles. The molecule has 16 heavy (non-hydrogen) atoms. The minimum atomic E-state index is 0.788. The Morgan fingerprint density at radius 3 is 2.38 bits per heavy atom. The van der Waals surface area contributed by atoms with Crippen LogP contribution in [0.25, 0.3) is 0 Å². The highest BCUT2D eigenvalue weighted by molar-refractivity contribution is 5.21. The van der Waals surface area contributed by atoms with E-state index < -0.39 is 0 Å². The molecule has 0 aromatic heterocycles. The third-order valence-electron chi connectivity index (χ3n) is 2.75. The van der Waals surface area contributed by atoms with Gasteiger partial charge in [0.05, 0.1) is 0 Å². The van der Waals surface area contributed by atoms with Gasteiger partial charge in [-0.1, -0.05) is 29.8 Å². The molecule has 0 bridgehead atoms. The Morgan fingerprint density at radius 2 is 1.69 bits per heavy atom. The minimum Gasteiger partial charge on any atom is -0.330 e. The van der Waals surface area contributed by atoms with Crippen LogP contribution in [0.3, 0.4) is 0 Å². The van der Waals surface area contributed by atoms with Gasteiger partial charge in [-0.25, -0.2) is 0 Å². The van der Waals surface area contributed by atoms with Crippen LogP contribution >= 0.6 is 0 Å². The third-order valence-corrected chi connectivity index (χ3v) is 2.75. The van der Waals surface area contributed by atoms with Crippen molar-refractivity contribution in [1.29, 1.82) is 0 Å². The van der Waals surface area contributed by atoms with Gasteiger partial charge in [0.25, 0.3) is 0 Å². The first-order valence-corrected chi connectivity index (χ1v) is 6.29. The molecule has 0 atom stereocenters. The second-order valence-electron chi connectivity index (χ2n) is 4.33. The Kier molecular flexibility index (Phi) is 6.86. The van der Waals surface area contributed by atoms with Gasteiger partial charge in [0.2, 0.25) is 0 Å². The minimum absolute atomic E-state index is 0.788. The fraction of sp³-hybridized carbons (Fsp3) is 0.571. The Hall–Kier alpha value is -0.860. The predicted molar refractivity (Wildman–Crippen MR) is 70.7 cm³/mol. The van der Waals surface area contributed by atoms with E-state index in [9.17, 15) is 0 Å². The first-order valence-electron chi connectivity index (χ1n) is 6.29. The summed E-state index contributed by atoms with van der Waals surface area (Å²) >= 11 is 0. The molecule has 0 fully saturated rings. The molecule has 0 aliphatic carbocycles. The van der Waals surface area contributed by atoms with Gasteiger partial charge in [0, 0.05) is 0 Å². The zero-order valence-corrected chi connectivity index (χ0v) is 10.3. The summed E-state index contributed by atoms with van der Waals surface area (Å²) in [5.41, 5.74) is 8.21. The Bertz CT molecular complexity index is 267. The van der Waals surface area contributed by atoms with Gasteiger partial charge in [-0.05, 0) is 57.8 Å². The Labute approximate surface area is 99.2 Å². The fourth-order valence-corrected chi connectivity index (χ4v) is 1.69. The lowest BCUT2D eigenvalue weighted by Crippen LogP contribution is -2.19. The molecular weight excluding hydrogens is 196 g/mol. The van der Waals surface area contributed by atoms with Crippen molar-refractivity contribution in [2.75, 3.05) is 19.6 Å². The van der Waals surface area contributed by atoms with E-state index >= 15 is 0 Å². The van der Waals surface area contributed by atoms with Crippen LogP contribution in [0, 0.1) is 6.92 Å².